The number of nitrogens with one attached hydrogen (secondary N) is 2. The first kappa shape index (κ1) is 18.3. The molecule has 148 valence electrons. The Morgan fingerprint density at radius 2 is 2.07 bits per heavy atom. The van der Waals surface area contributed by atoms with E-state index in [1.165, 1.54) is 0 Å². The second-order valence-electron chi connectivity index (χ2n) is 7.94. The molecule has 2 aliphatic heterocycles. The number of aromatic nitrogens is 2. The van der Waals surface area contributed by atoms with Gasteiger partial charge in [0.05, 0.1) is 0 Å². The highest BCUT2D eigenvalue weighted by Crippen LogP contribution is 2.39. The fourth-order valence-corrected chi connectivity index (χ4v) is 4.13. The molecule has 8 heteroatoms. The van der Waals surface area contributed by atoms with Gasteiger partial charge in [-0.1, -0.05) is 0 Å². The summed E-state index contributed by atoms with van der Waals surface area (Å²) in [4.78, 5) is 26.3. The number of carbonyl (C=O) groups is 2. The summed E-state index contributed by atoms with van der Waals surface area (Å²) < 4.78 is 10.9. The van der Waals surface area contributed by atoms with Crippen LogP contribution in [0, 0.1) is 5.92 Å². The van der Waals surface area contributed by atoms with Crippen LogP contribution >= 0.6 is 0 Å². The lowest BCUT2D eigenvalue weighted by Gasteiger charge is -2.35. The quantitative estimate of drug-likeness (QED) is 0.842. The maximum absolute atomic E-state index is 12.3. The Kier molecular flexibility index (Phi) is 5.33. The van der Waals surface area contributed by atoms with E-state index in [4.69, 9.17) is 9.47 Å². The minimum Gasteiger partial charge on any atom is -0.446 e. The largest absolute Gasteiger partial charge is 0.446 e. The molecule has 0 radical (unpaired) electrons. The van der Waals surface area contributed by atoms with Crippen molar-refractivity contribution < 1.29 is 19.1 Å². The lowest BCUT2D eigenvalue weighted by molar-refractivity contribution is -0.122. The van der Waals surface area contributed by atoms with Crippen molar-refractivity contribution in [1.29, 1.82) is 0 Å². The molecule has 3 fully saturated rings. The molecule has 4 rings (SSSR count). The number of carbonyl (C=O) groups excluding carboxylic acids is 2. The highest BCUT2D eigenvalue weighted by Gasteiger charge is 2.37. The van der Waals surface area contributed by atoms with Gasteiger partial charge in [-0.3, -0.25) is 9.89 Å². The Morgan fingerprint density at radius 3 is 2.78 bits per heavy atom. The first-order chi connectivity index (χ1) is 13.1. The van der Waals surface area contributed by atoms with Gasteiger partial charge in [0.25, 0.3) is 0 Å². The van der Waals surface area contributed by atoms with Crippen LogP contribution < -0.4 is 5.32 Å². The van der Waals surface area contributed by atoms with E-state index >= 15 is 0 Å². The third-order valence-corrected chi connectivity index (χ3v) is 6.03. The molecule has 0 aromatic carbocycles. The van der Waals surface area contributed by atoms with Crippen LogP contribution in [-0.2, 0) is 14.3 Å². The van der Waals surface area contributed by atoms with Gasteiger partial charge in [-0.2, -0.15) is 5.10 Å². The Bertz CT molecular complexity index is 679. The summed E-state index contributed by atoms with van der Waals surface area (Å²) in [6, 6.07) is 2.17. The molecule has 3 heterocycles. The highest BCUT2D eigenvalue weighted by atomic mass is 16.6. The SMILES string of the molecule is CC1CCCN1C(=O)O[C@H]1C[C@@H](c2cc(NC(=O)C3CCOCC3)n[nH]2)C1. The Labute approximate surface area is 159 Å². The molecule has 2 N–H and O–H groups in total. The Morgan fingerprint density at radius 1 is 1.30 bits per heavy atom. The van der Waals surface area contributed by atoms with Gasteiger partial charge < -0.3 is 19.7 Å². The van der Waals surface area contributed by atoms with Crippen molar-refractivity contribution in [3.63, 3.8) is 0 Å². The van der Waals surface area contributed by atoms with E-state index in [2.05, 4.69) is 22.4 Å². The standard InChI is InChI=1S/C19H28N4O4/c1-12-3-2-6-23(12)19(25)27-15-9-14(10-15)16-11-17(22-21-16)20-18(24)13-4-7-26-8-5-13/h11-15H,2-10H2,1H3,(H2,20,21,22,24)/t12?,14-,15+. The molecule has 1 unspecified atom stereocenters. The minimum absolute atomic E-state index is 0.000579. The van der Waals surface area contributed by atoms with E-state index in [1.807, 2.05) is 11.0 Å². The fraction of sp³-hybridized carbons (Fsp3) is 0.737. The zero-order valence-corrected chi connectivity index (χ0v) is 15.8. The number of hydrogen-bond acceptors (Lipinski definition) is 5. The number of anilines is 1. The summed E-state index contributed by atoms with van der Waals surface area (Å²) in [6.07, 6.45) is 5.01. The molecule has 1 saturated carbocycles. The smallest absolute Gasteiger partial charge is 0.410 e. The summed E-state index contributed by atoms with van der Waals surface area (Å²) >= 11 is 0. The molecule has 1 aromatic rings. The van der Waals surface area contributed by atoms with E-state index in [1.54, 1.807) is 0 Å². The van der Waals surface area contributed by atoms with Gasteiger partial charge in [-0.25, -0.2) is 4.79 Å². The van der Waals surface area contributed by atoms with E-state index in [0.29, 0.717) is 24.9 Å². The van der Waals surface area contributed by atoms with Crippen molar-refractivity contribution in [3.8, 4) is 0 Å². The van der Waals surface area contributed by atoms with Crippen molar-refractivity contribution in [2.24, 2.45) is 5.92 Å². The average Bonchev–Trinajstić information content (AvgIpc) is 3.27. The predicted molar refractivity (Wildman–Crippen MR) is 98.4 cm³/mol. The van der Waals surface area contributed by atoms with Gasteiger partial charge in [0, 0.05) is 49.4 Å². The highest BCUT2D eigenvalue weighted by molar-refractivity contribution is 5.91. The van der Waals surface area contributed by atoms with E-state index in [0.717, 1.165) is 50.8 Å². The summed E-state index contributed by atoms with van der Waals surface area (Å²) in [5, 5.41) is 10.1. The van der Waals surface area contributed by atoms with Crippen molar-refractivity contribution in [1.82, 2.24) is 15.1 Å². The normalized spacial score (nSPS) is 28.6. The molecule has 1 aromatic heterocycles. The number of likely N-dealkylation sites (tertiary alicyclic amines) is 1. The first-order valence-electron chi connectivity index (χ1n) is 10.0. The van der Waals surface area contributed by atoms with Crippen LogP contribution in [0.15, 0.2) is 6.07 Å². The number of amides is 2. The second-order valence-corrected chi connectivity index (χ2v) is 7.94. The fourth-order valence-electron chi connectivity index (χ4n) is 4.13. The number of ether oxygens (including phenoxy) is 2. The van der Waals surface area contributed by atoms with Gasteiger partial charge in [0.1, 0.15) is 6.10 Å². The molecular formula is C19H28N4O4. The van der Waals surface area contributed by atoms with Gasteiger partial charge >= 0.3 is 6.09 Å². The van der Waals surface area contributed by atoms with Crippen molar-refractivity contribution >= 4 is 17.8 Å². The first-order valence-corrected chi connectivity index (χ1v) is 10.0. The lowest BCUT2D eigenvalue weighted by Crippen LogP contribution is -2.40. The van der Waals surface area contributed by atoms with Crippen LogP contribution in [0.5, 0.6) is 0 Å². The predicted octanol–water partition coefficient (Wildman–Crippen LogP) is 2.64. The molecule has 27 heavy (non-hydrogen) atoms. The van der Waals surface area contributed by atoms with Crippen LogP contribution in [0.25, 0.3) is 0 Å². The zero-order valence-electron chi connectivity index (χ0n) is 15.8. The van der Waals surface area contributed by atoms with Gasteiger partial charge in [0.15, 0.2) is 5.82 Å². The number of H-pyrrole nitrogens is 1. The van der Waals surface area contributed by atoms with Crippen LogP contribution in [0.4, 0.5) is 10.6 Å². The van der Waals surface area contributed by atoms with Crippen LogP contribution in [-0.4, -0.2) is 59.0 Å². The average molecular weight is 376 g/mol. The molecule has 2 saturated heterocycles. The molecule has 1 atom stereocenters. The second kappa shape index (κ2) is 7.88. The number of rotatable bonds is 4. The molecule has 0 bridgehead atoms. The molecule has 0 spiro atoms. The number of hydrogen-bond donors (Lipinski definition) is 2. The van der Waals surface area contributed by atoms with Crippen molar-refractivity contribution in [2.45, 2.75) is 63.5 Å². The van der Waals surface area contributed by atoms with Crippen LogP contribution in [0.3, 0.4) is 0 Å². The molecule has 2 amide bonds. The summed E-state index contributed by atoms with van der Waals surface area (Å²) in [5.74, 6) is 0.865. The van der Waals surface area contributed by atoms with Crippen molar-refractivity contribution in [2.75, 3.05) is 25.1 Å². The van der Waals surface area contributed by atoms with Crippen LogP contribution in [0.1, 0.15) is 57.1 Å². The molecule has 1 aliphatic carbocycles. The van der Waals surface area contributed by atoms with Gasteiger partial charge in [0.2, 0.25) is 5.91 Å². The summed E-state index contributed by atoms with van der Waals surface area (Å²) in [7, 11) is 0. The Hall–Kier alpha value is -2.09. The molecule has 3 aliphatic rings. The maximum atomic E-state index is 12.3. The van der Waals surface area contributed by atoms with Gasteiger partial charge in [-0.15, -0.1) is 0 Å². The Balaban J connectivity index is 1.23. The number of aromatic amines is 1. The topological polar surface area (TPSA) is 96.6 Å². The van der Waals surface area contributed by atoms with E-state index in [-0.39, 0.29) is 30.1 Å². The minimum atomic E-state index is -0.183. The zero-order chi connectivity index (χ0) is 18.8. The third-order valence-electron chi connectivity index (χ3n) is 6.03. The van der Waals surface area contributed by atoms with E-state index < -0.39 is 0 Å². The van der Waals surface area contributed by atoms with E-state index in [9.17, 15) is 9.59 Å². The number of nitrogens with zero attached hydrogens (tertiary/aromatic N) is 2. The van der Waals surface area contributed by atoms with Gasteiger partial charge in [-0.05, 0) is 45.4 Å². The maximum Gasteiger partial charge on any atom is 0.410 e. The summed E-state index contributed by atoms with van der Waals surface area (Å²) in [6.45, 7) is 4.15. The van der Waals surface area contributed by atoms with Crippen LogP contribution in [0.2, 0.25) is 0 Å². The third kappa shape index (κ3) is 4.10. The van der Waals surface area contributed by atoms with Crippen molar-refractivity contribution in [3.05, 3.63) is 11.8 Å². The molecular weight excluding hydrogens is 348 g/mol. The monoisotopic (exact) mass is 376 g/mol. The molecule has 8 nitrogen and oxygen atoms in total. The summed E-state index contributed by atoms with van der Waals surface area (Å²) in [5.41, 5.74) is 0.985. The lowest BCUT2D eigenvalue weighted by atomic mass is 9.80.